The number of benzene rings is 12. The van der Waals surface area contributed by atoms with Gasteiger partial charge in [0.2, 0.25) is 11.9 Å². The van der Waals surface area contributed by atoms with Crippen molar-refractivity contribution >= 4 is 43.6 Å². The molecule has 0 aliphatic heterocycles. The first-order chi connectivity index (χ1) is 45.1. The SMILES string of the molecule is CC1(C)c2ccccc2-c2cc3c4ccccc4n(-c4nccc(-c5cc(-c6ccc(-c7ccccc7)cc6)cc(-c6cccc7c6-c6cc8c9ccccc9n(-c9nccc(-c%10ccc(-c%11cccc(-c%12ccccc%12)c%11)cc%10)n9)c8cc6C7(C)C)c5)n4)c3cc21. The third-order valence-electron chi connectivity index (χ3n) is 19.9. The third kappa shape index (κ3) is 8.33. The van der Waals surface area contributed by atoms with Crippen molar-refractivity contribution in [2.24, 2.45) is 0 Å². The van der Waals surface area contributed by atoms with Crippen LogP contribution in [0.4, 0.5) is 0 Å². The molecule has 0 atom stereocenters. The lowest BCUT2D eigenvalue weighted by Gasteiger charge is -2.22. The van der Waals surface area contributed by atoms with Gasteiger partial charge >= 0.3 is 0 Å². The average molecular weight is 1180 g/mol. The van der Waals surface area contributed by atoms with Gasteiger partial charge in [0, 0.05) is 55.9 Å². The maximum absolute atomic E-state index is 5.59. The van der Waals surface area contributed by atoms with Crippen molar-refractivity contribution in [1.29, 1.82) is 0 Å². The molecule has 92 heavy (non-hydrogen) atoms. The van der Waals surface area contributed by atoms with Gasteiger partial charge in [-0.15, -0.1) is 0 Å². The number of aromatic nitrogens is 6. The Balaban J connectivity index is 0.767. The number of nitrogens with zero attached hydrogens (tertiary/aromatic N) is 6. The molecule has 0 spiro atoms. The number of hydrogen-bond donors (Lipinski definition) is 0. The van der Waals surface area contributed by atoms with Crippen LogP contribution in [-0.4, -0.2) is 29.1 Å². The van der Waals surface area contributed by atoms with Gasteiger partial charge in [0.1, 0.15) is 0 Å². The normalized spacial score (nSPS) is 13.4. The molecule has 0 amide bonds. The molecule has 2 aliphatic carbocycles. The summed E-state index contributed by atoms with van der Waals surface area (Å²) in [5, 5.41) is 4.66. The lowest BCUT2D eigenvalue weighted by atomic mass is 9.81. The Bertz CT molecular complexity index is 5670. The topological polar surface area (TPSA) is 61.4 Å². The summed E-state index contributed by atoms with van der Waals surface area (Å²) in [7, 11) is 0. The third-order valence-corrected chi connectivity index (χ3v) is 19.9. The lowest BCUT2D eigenvalue weighted by molar-refractivity contribution is 0.661. The highest BCUT2D eigenvalue weighted by Crippen LogP contribution is 2.55. The fraction of sp³-hybridized carbons (Fsp3) is 0.0698. The van der Waals surface area contributed by atoms with Gasteiger partial charge in [0.15, 0.2) is 0 Å². The second-order valence-electron chi connectivity index (χ2n) is 25.8. The average Bonchev–Trinajstić information content (AvgIpc) is 1.56. The summed E-state index contributed by atoms with van der Waals surface area (Å²) >= 11 is 0. The summed E-state index contributed by atoms with van der Waals surface area (Å²) in [6.07, 6.45) is 3.82. The highest BCUT2D eigenvalue weighted by Gasteiger charge is 2.39. The smallest absolute Gasteiger partial charge is 0.235 e. The summed E-state index contributed by atoms with van der Waals surface area (Å²) in [4.78, 5) is 21.1. The minimum absolute atomic E-state index is 0.173. The molecule has 2 aliphatic rings. The van der Waals surface area contributed by atoms with Crippen LogP contribution < -0.4 is 0 Å². The van der Waals surface area contributed by atoms with Crippen LogP contribution in [0.2, 0.25) is 0 Å². The Morgan fingerprint density at radius 3 is 1.29 bits per heavy atom. The fourth-order valence-corrected chi connectivity index (χ4v) is 15.2. The second kappa shape index (κ2) is 20.5. The van der Waals surface area contributed by atoms with E-state index in [0.717, 1.165) is 77.6 Å². The lowest BCUT2D eigenvalue weighted by Crippen LogP contribution is -2.15. The fourth-order valence-electron chi connectivity index (χ4n) is 15.2. The van der Waals surface area contributed by atoms with Crippen LogP contribution in [-0.2, 0) is 10.8 Å². The molecule has 0 bridgehead atoms. The Morgan fingerprint density at radius 2 is 0.663 bits per heavy atom. The van der Waals surface area contributed by atoms with E-state index in [4.69, 9.17) is 19.9 Å². The molecule has 18 rings (SSSR count). The minimum atomic E-state index is -0.350. The summed E-state index contributed by atoms with van der Waals surface area (Å²) in [5.74, 6) is 1.26. The molecule has 12 aromatic carbocycles. The standard InChI is InChI=1S/C86H60N6/c1-85(2)72-29-14-11-25-65(72)68-49-69-66-26-12-15-31-78(66)91(80(69)51-74(68)85)84-88-44-42-77(90-84)63-47-61(57-35-33-55(34-36-57)53-19-7-5-8-20-53)46-62(48-63)64-28-18-30-73-82(64)71-50-70-67-27-13-16-32-79(67)92(81(70)52-75(71)86(73,3)4)83-87-43-41-76(89-83)58-39-37-56(38-40-58)60-24-17-23-59(45-60)54-21-9-6-10-22-54/h5-52H,1-4H3. The number of hydrogen-bond acceptors (Lipinski definition) is 4. The van der Waals surface area contributed by atoms with E-state index in [2.05, 4.69) is 310 Å². The first-order valence-corrected chi connectivity index (χ1v) is 31.7. The predicted molar refractivity (Wildman–Crippen MR) is 379 cm³/mol. The van der Waals surface area contributed by atoms with E-state index >= 15 is 0 Å². The van der Waals surface area contributed by atoms with E-state index in [1.807, 2.05) is 18.5 Å². The summed E-state index contributed by atoms with van der Waals surface area (Å²) in [6.45, 7) is 9.44. The van der Waals surface area contributed by atoms with Crippen molar-refractivity contribution in [2.45, 2.75) is 38.5 Å². The van der Waals surface area contributed by atoms with Crippen molar-refractivity contribution in [3.8, 4) is 112 Å². The predicted octanol–water partition coefficient (Wildman–Crippen LogP) is 21.7. The van der Waals surface area contributed by atoms with E-state index in [1.165, 1.54) is 88.7 Å². The zero-order valence-corrected chi connectivity index (χ0v) is 51.4. The van der Waals surface area contributed by atoms with Gasteiger partial charge in [-0.1, -0.05) is 234 Å². The summed E-state index contributed by atoms with van der Waals surface area (Å²) < 4.78 is 4.54. The van der Waals surface area contributed by atoms with Crippen LogP contribution in [0.1, 0.15) is 49.9 Å². The second-order valence-corrected chi connectivity index (χ2v) is 25.8. The number of para-hydroxylation sites is 2. The van der Waals surface area contributed by atoms with Gasteiger partial charge in [-0.25, -0.2) is 19.9 Å². The van der Waals surface area contributed by atoms with Gasteiger partial charge < -0.3 is 0 Å². The molecule has 0 fully saturated rings. The van der Waals surface area contributed by atoms with Crippen molar-refractivity contribution < 1.29 is 0 Å². The molecular weight excluding hydrogens is 1120 g/mol. The maximum Gasteiger partial charge on any atom is 0.235 e. The van der Waals surface area contributed by atoms with Crippen LogP contribution in [0.5, 0.6) is 0 Å². The molecule has 434 valence electrons. The zero-order valence-electron chi connectivity index (χ0n) is 51.4. The molecule has 4 aromatic heterocycles. The van der Waals surface area contributed by atoms with E-state index in [-0.39, 0.29) is 10.8 Å². The van der Waals surface area contributed by atoms with Crippen molar-refractivity contribution in [3.63, 3.8) is 0 Å². The quantitative estimate of drug-likeness (QED) is 0.144. The Labute approximate surface area is 534 Å². The van der Waals surface area contributed by atoms with Gasteiger partial charge in [-0.3, -0.25) is 9.13 Å². The molecule has 0 saturated carbocycles. The molecule has 6 nitrogen and oxygen atoms in total. The van der Waals surface area contributed by atoms with E-state index in [9.17, 15) is 0 Å². The van der Waals surface area contributed by atoms with Gasteiger partial charge in [0.05, 0.1) is 33.5 Å². The largest absolute Gasteiger partial charge is 0.278 e. The highest BCUT2D eigenvalue weighted by atomic mass is 15.2. The van der Waals surface area contributed by atoms with E-state index in [1.54, 1.807) is 0 Å². The molecule has 6 heteroatoms. The van der Waals surface area contributed by atoms with Crippen molar-refractivity contribution in [1.82, 2.24) is 29.1 Å². The van der Waals surface area contributed by atoms with E-state index in [0.29, 0.717) is 11.9 Å². The molecule has 0 unspecified atom stereocenters. The van der Waals surface area contributed by atoms with Gasteiger partial charge in [-0.05, 0) is 173 Å². The minimum Gasteiger partial charge on any atom is -0.278 e. The Hall–Kier alpha value is -11.6. The monoisotopic (exact) mass is 1180 g/mol. The van der Waals surface area contributed by atoms with Gasteiger partial charge in [0.25, 0.3) is 0 Å². The van der Waals surface area contributed by atoms with Crippen molar-refractivity contribution in [3.05, 3.63) is 314 Å². The molecule has 16 aromatic rings. The van der Waals surface area contributed by atoms with E-state index < -0.39 is 0 Å². The summed E-state index contributed by atoms with van der Waals surface area (Å²) in [5.41, 5.74) is 29.4. The molecule has 0 N–H and O–H groups in total. The zero-order chi connectivity index (χ0) is 61.4. The van der Waals surface area contributed by atoms with Gasteiger partial charge in [-0.2, -0.15) is 0 Å². The number of fused-ring (bicyclic) bond motifs is 12. The van der Waals surface area contributed by atoms with Crippen LogP contribution in [0.25, 0.3) is 156 Å². The van der Waals surface area contributed by atoms with Crippen LogP contribution in [0.15, 0.2) is 291 Å². The molecular formula is C86H60N6. The first-order valence-electron chi connectivity index (χ1n) is 31.7. The van der Waals surface area contributed by atoms with Crippen molar-refractivity contribution in [2.75, 3.05) is 0 Å². The summed E-state index contributed by atoms with van der Waals surface area (Å²) in [6, 6.07) is 102. The van der Waals surface area contributed by atoms with Crippen LogP contribution in [0.3, 0.4) is 0 Å². The molecule has 0 saturated heterocycles. The number of rotatable bonds is 9. The first kappa shape index (κ1) is 53.4. The Morgan fingerprint density at radius 1 is 0.250 bits per heavy atom. The highest BCUT2D eigenvalue weighted by molar-refractivity contribution is 6.13. The molecule has 0 radical (unpaired) electrons. The Kier molecular flexibility index (Phi) is 11.9. The van der Waals surface area contributed by atoms with Crippen LogP contribution in [0, 0.1) is 0 Å². The maximum atomic E-state index is 5.59. The molecule has 4 heterocycles. The van der Waals surface area contributed by atoms with Crippen LogP contribution >= 0.6 is 0 Å².